The summed E-state index contributed by atoms with van der Waals surface area (Å²) in [4.78, 5) is 12.2. The van der Waals surface area contributed by atoms with E-state index in [1.165, 1.54) is 29.7 Å². The van der Waals surface area contributed by atoms with E-state index in [1.807, 2.05) is 6.08 Å². The van der Waals surface area contributed by atoms with Crippen LogP contribution < -0.4 is 5.32 Å². The molecule has 23 heavy (non-hydrogen) atoms. The lowest BCUT2D eigenvalue weighted by Gasteiger charge is -2.09. The second-order valence-corrected chi connectivity index (χ2v) is 6.11. The van der Waals surface area contributed by atoms with Gasteiger partial charge in [0.05, 0.1) is 11.3 Å². The molecule has 2 aromatic rings. The quantitative estimate of drug-likeness (QED) is 0.838. The van der Waals surface area contributed by atoms with Gasteiger partial charge in [-0.3, -0.25) is 4.79 Å². The van der Waals surface area contributed by atoms with E-state index in [4.69, 9.17) is 4.42 Å². The van der Waals surface area contributed by atoms with Crippen molar-refractivity contribution >= 4 is 23.2 Å². The van der Waals surface area contributed by atoms with Crippen LogP contribution in [-0.2, 0) is 24.1 Å². The van der Waals surface area contributed by atoms with Crippen LogP contribution in [-0.4, -0.2) is 5.91 Å². The Kier molecular flexibility index (Phi) is 3.33. The van der Waals surface area contributed by atoms with Crippen LogP contribution in [0.15, 0.2) is 22.6 Å². The van der Waals surface area contributed by atoms with Gasteiger partial charge in [-0.15, -0.1) is 0 Å². The van der Waals surface area contributed by atoms with Gasteiger partial charge in [0, 0.05) is 17.5 Å². The van der Waals surface area contributed by atoms with Crippen LogP contribution in [0.25, 0.3) is 11.6 Å². The van der Waals surface area contributed by atoms with Crippen molar-refractivity contribution in [2.75, 3.05) is 5.32 Å². The standard InChI is InChI=1S/C19H18FNO2/c1-2-12-14-5-3-4-6-17(14)23-18(12)10-15-13-8-7-11(20)9-16(13)21-19(15)22/h7-10H,2-6H2,1H3,(H,21,22). The van der Waals surface area contributed by atoms with E-state index < -0.39 is 0 Å². The minimum atomic E-state index is -0.354. The fourth-order valence-corrected chi connectivity index (χ4v) is 3.60. The van der Waals surface area contributed by atoms with Gasteiger partial charge in [-0.05, 0) is 55.5 Å². The number of amides is 1. The smallest absolute Gasteiger partial charge is 0.256 e. The first-order valence-electron chi connectivity index (χ1n) is 8.13. The molecule has 0 spiro atoms. The normalized spacial score (nSPS) is 18.0. The number of nitrogens with one attached hydrogen (secondary N) is 1. The van der Waals surface area contributed by atoms with E-state index in [2.05, 4.69) is 12.2 Å². The van der Waals surface area contributed by atoms with Gasteiger partial charge in [-0.25, -0.2) is 4.39 Å². The van der Waals surface area contributed by atoms with Gasteiger partial charge >= 0.3 is 0 Å². The predicted molar refractivity (Wildman–Crippen MR) is 87.6 cm³/mol. The lowest BCUT2D eigenvalue weighted by Crippen LogP contribution is -2.03. The van der Waals surface area contributed by atoms with E-state index in [9.17, 15) is 9.18 Å². The molecule has 3 nitrogen and oxygen atoms in total. The highest BCUT2D eigenvalue weighted by atomic mass is 19.1. The molecule has 118 valence electrons. The lowest BCUT2D eigenvalue weighted by molar-refractivity contribution is -0.110. The van der Waals surface area contributed by atoms with Crippen LogP contribution in [0.5, 0.6) is 0 Å². The van der Waals surface area contributed by atoms with Crippen molar-refractivity contribution in [2.24, 2.45) is 0 Å². The monoisotopic (exact) mass is 311 g/mol. The summed E-state index contributed by atoms with van der Waals surface area (Å²) in [6.45, 7) is 2.11. The third-order valence-electron chi connectivity index (χ3n) is 4.71. The molecule has 0 atom stereocenters. The second kappa shape index (κ2) is 5.37. The maximum absolute atomic E-state index is 13.3. The van der Waals surface area contributed by atoms with Crippen molar-refractivity contribution in [3.8, 4) is 0 Å². The van der Waals surface area contributed by atoms with Crippen LogP contribution in [0.4, 0.5) is 10.1 Å². The summed E-state index contributed by atoms with van der Waals surface area (Å²) in [5, 5.41) is 2.72. The Morgan fingerprint density at radius 3 is 2.96 bits per heavy atom. The van der Waals surface area contributed by atoms with E-state index in [-0.39, 0.29) is 11.7 Å². The SMILES string of the molecule is CCc1c(C=C2C(=O)Nc3cc(F)ccc32)oc2c1CCCC2. The third-order valence-corrected chi connectivity index (χ3v) is 4.71. The second-order valence-electron chi connectivity index (χ2n) is 6.11. The lowest BCUT2D eigenvalue weighted by atomic mass is 9.93. The minimum Gasteiger partial charge on any atom is -0.461 e. The maximum Gasteiger partial charge on any atom is 0.256 e. The molecule has 4 heteroatoms. The molecule has 2 heterocycles. The fraction of sp³-hybridized carbons (Fsp3) is 0.316. The van der Waals surface area contributed by atoms with Gasteiger partial charge in [0.15, 0.2) is 0 Å². The first kappa shape index (κ1) is 14.2. The van der Waals surface area contributed by atoms with Gasteiger partial charge in [0.25, 0.3) is 5.91 Å². The van der Waals surface area contributed by atoms with Crippen molar-refractivity contribution in [1.29, 1.82) is 0 Å². The molecule has 1 N–H and O–H groups in total. The van der Waals surface area contributed by atoms with Crippen molar-refractivity contribution in [1.82, 2.24) is 0 Å². The molecule has 4 rings (SSSR count). The largest absolute Gasteiger partial charge is 0.461 e. The average molecular weight is 311 g/mol. The Bertz CT molecular complexity index is 832. The molecule has 1 aliphatic heterocycles. The van der Waals surface area contributed by atoms with Gasteiger partial charge < -0.3 is 9.73 Å². The molecular weight excluding hydrogens is 293 g/mol. The molecular formula is C19H18FNO2. The fourth-order valence-electron chi connectivity index (χ4n) is 3.60. The van der Waals surface area contributed by atoms with Crippen LogP contribution in [0, 0.1) is 5.82 Å². The Labute approximate surface area is 134 Å². The van der Waals surface area contributed by atoms with Crippen LogP contribution in [0.1, 0.15) is 48.0 Å². The summed E-state index contributed by atoms with van der Waals surface area (Å²) in [6.07, 6.45) is 7.07. The number of benzene rings is 1. The Morgan fingerprint density at radius 1 is 1.30 bits per heavy atom. The van der Waals surface area contributed by atoms with E-state index in [0.29, 0.717) is 11.3 Å². The van der Waals surface area contributed by atoms with Gasteiger partial charge in [0.1, 0.15) is 17.3 Å². The topological polar surface area (TPSA) is 42.2 Å². The zero-order valence-electron chi connectivity index (χ0n) is 13.0. The van der Waals surface area contributed by atoms with E-state index in [0.717, 1.165) is 42.8 Å². The molecule has 1 aromatic heterocycles. The average Bonchev–Trinajstić information content (AvgIpc) is 3.04. The van der Waals surface area contributed by atoms with Crippen LogP contribution in [0.2, 0.25) is 0 Å². The van der Waals surface area contributed by atoms with Crippen molar-refractivity contribution in [2.45, 2.75) is 39.0 Å². The maximum atomic E-state index is 13.3. The van der Waals surface area contributed by atoms with E-state index >= 15 is 0 Å². The number of furan rings is 1. The number of halogens is 1. The minimum absolute atomic E-state index is 0.206. The van der Waals surface area contributed by atoms with E-state index in [1.54, 1.807) is 6.07 Å². The third kappa shape index (κ3) is 2.29. The molecule has 0 fully saturated rings. The number of fused-ring (bicyclic) bond motifs is 2. The number of hydrogen-bond donors (Lipinski definition) is 1. The molecule has 1 aliphatic carbocycles. The number of anilines is 1. The molecule has 0 saturated carbocycles. The predicted octanol–water partition coefficient (Wildman–Crippen LogP) is 4.35. The zero-order chi connectivity index (χ0) is 16.0. The number of carbonyl (C=O) groups is 1. The van der Waals surface area contributed by atoms with Crippen molar-refractivity contribution < 1.29 is 13.6 Å². The molecule has 1 aromatic carbocycles. The summed E-state index contributed by atoms with van der Waals surface area (Å²) in [7, 11) is 0. The summed E-state index contributed by atoms with van der Waals surface area (Å²) in [5.41, 5.74) is 4.32. The first-order chi connectivity index (χ1) is 11.2. The molecule has 0 saturated heterocycles. The molecule has 2 aliphatic rings. The Balaban J connectivity index is 1.83. The van der Waals surface area contributed by atoms with Gasteiger partial charge in [-0.1, -0.05) is 6.92 Å². The summed E-state index contributed by atoms with van der Waals surface area (Å²) in [5.74, 6) is 1.29. The highest BCUT2D eigenvalue weighted by molar-refractivity contribution is 6.34. The summed E-state index contributed by atoms with van der Waals surface area (Å²) in [6, 6.07) is 4.37. The first-order valence-corrected chi connectivity index (χ1v) is 8.13. The van der Waals surface area contributed by atoms with Gasteiger partial charge in [-0.2, -0.15) is 0 Å². The Hall–Kier alpha value is -2.36. The van der Waals surface area contributed by atoms with Crippen LogP contribution in [0.3, 0.4) is 0 Å². The number of rotatable bonds is 2. The van der Waals surface area contributed by atoms with Crippen LogP contribution >= 0.6 is 0 Å². The van der Waals surface area contributed by atoms with Crippen molar-refractivity contribution in [3.63, 3.8) is 0 Å². The van der Waals surface area contributed by atoms with Gasteiger partial charge in [0.2, 0.25) is 0 Å². The highest BCUT2D eigenvalue weighted by Crippen LogP contribution is 2.36. The Morgan fingerprint density at radius 2 is 2.13 bits per heavy atom. The molecule has 0 bridgehead atoms. The zero-order valence-corrected chi connectivity index (χ0v) is 13.0. The highest BCUT2D eigenvalue weighted by Gasteiger charge is 2.27. The molecule has 0 unspecified atom stereocenters. The number of carbonyl (C=O) groups excluding carboxylic acids is 1. The molecule has 1 amide bonds. The summed E-state index contributed by atoms with van der Waals surface area (Å²) >= 11 is 0. The summed E-state index contributed by atoms with van der Waals surface area (Å²) < 4.78 is 19.4. The molecule has 0 radical (unpaired) electrons. The number of aryl methyl sites for hydroxylation is 1. The van der Waals surface area contributed by atoms with Crippen molar-refractivity contribution in [3.05, 3.63) is 52.2 Å². The number of hydrogen-bond acceptors (Lipinski definition) is 2.